The first-order chi connectivity index (χ1) is 16.5. The molecule has 5 rings (SSSR count). The lowest BCUT2D eigenvalue weighted by atomic mass is 10.1. The Morgan fingerprint density at radius 1 is 0.794 bits per heavy atom. The van der Waals surface area contributed by atoms with Gasteiger partial charge in [-0.25, -0.2) is 0 Å². The van der Waals surface area contributed by atoms with Crippen molar-refractivity contribution in [2.45, 2.75) is 24.0 Å². The SMILES string of the molecule is Cc1ccccc1C(=O)Nc1cccc(SC(C)C(=O)n2c3ccccc3c3ccccc32)c1. The average Bonchev–Trinajstić information content (AvgIpc) is 3.18. The Labute approximate surface area is 202 Å². The lowest BCUT2D eigenvalue weighted by molar-refractivity contribution is 0.0924. The van der Waals surface area contributed by atoms with Gasteiger partial charge in [-0.2, -0.15) is 0 Å². The van der Waals surface area contributed by atoms with Crippen molar-refractivity contribution >= 4 is 51.1 Å². The Kier molecular flexibility index (Phi) is 5.95. The molecule has 0 bridgehead atoms. The zero-order chi connectivity index (χ0) is 23.7. The topological polar surface area (TPSA) is 51.1 Å². The van der Waals surface area contributed by atoms with E-state index in [1.807, 2.05) is 103 Å². The number of nitrogens with zero attached hydrogens (tertiary/aromatic N) is 1. The van der Waals surface area contributed by atoms with Crippen LogP contribution in [0, 0.1) is 6.92 Å². The third kappa shape index (κ3) is 4.11. The fourth-order valence-corrected chi connectivity index (χ4v) is 5.24. The van der Waals surface area contributed by atoms with Gasteiger partial charge in [-0.05, 0) is 55.8 Å². The van der Waals surface area contributed by atoms with Crippen LogP contribution in [0.5, 0.6) is 0 Å². The Balaban J connectivity index is 1.39. The van der Waals surface area contributed by atoms with Crippen LogP contribution in [-0.2, 0) is 0 Å². The van der Waals surface area contributed by atoms with Crippen molar-refractivity contribution in [3.8, 4) is 0 Å². The van der Waals surface area contributed by atoms with Crippen LogP contribution >= 0.6 is 11.8 Å². The zero-order valence-corrected chi connectivity index (χ0v) is 19.8. The molecule has 0 saturated heterocycles. The normalized spacial score (nSPS) is 12.1. The number of thioether (sulfide) groups is 1. The molecule has 1 heterocycles. The number of hydrogen-bond acceptors (Lipinski definition) is 3. The first-order valence-corrected chi connectivity index (χ1v) is 12.1. The number of carbonyl (C=O) groups is 2. The van der Waals surface area contributed by atoms with Gasteiger partial charge >= 0.3 is 0 Å². The predicted molar refractivity (Wildman–Crippen MR) is 141 cm³/mol. The fourth-order valence-electron chi connectivity index (χ4n) is 4.27. The molecule has 5 aromatic rings. The van der Waals surface area contributed by atoms with Crippen molar-refractivity contribution in [3.63, 3.8) is 0 Å². The number of fused-ring (bicyclic) bond motifs is 3. The van der Waals surface area contributed by atoms with E-state index in [0.29, 0.717) is 11.3 Å². The van der Waals surface area contributed by atoms with Crippen LogP contribution in [0.2, 0.25) is 0 Å². The molecular weight excluding hydrogens is 440 g/mol. The largest absolute Gasteiger partial charge is 0.322 e. The molecule has 1 N–H and O–H groups in total. The van der Waals surface area contributed by atoms with Crippen molar-refractivity contribution in [3.05, 3.63) is 108 Å². The van der Waals surface area contributed by atoms with Crippen LogP contribution in [-0.4, -0.2) is 21.6 Å². The maximum absolute atomic E-state index is 13.6. The van der Waals surface area contributed by atoms with Gasteiger partial charge in [0, 0.05) is 26.9 Å². The van der Waals surface area contributed by atoms with Gasteiger partial charge in [-0.1, -0.05) is 60.7 Å². The van der Waals surface area contributed by atoms with E-state index in [4.69, 9.17) is 0 Å². The molecule has 34 heavy (non-hydrogen) atoms. The summed E-state index contributed by atoms with van der Waals surface area (Å²) in [5.74, 6) is -0.119. The minimum Gasteiger partial charge on any atom is -0.322 e. The lowest BCUT2D eigenvalue weighted by Gasteiger charge is -2.14. The molecule has 1 atom stereocenters. The number of anilines is 1. The van der Waals surface area contributed by atoms with Crippen LogP contribution in [0.15, 0.2) is 102 Å². The molecule has 4 nitrogen and oxygen atoms in total. The Bertz CT molecular complexity index is 1480. The van der Waals surface area contributed by atoms with Crippen molar-refractivity contribution in [2.75, 3.05) is 5.32 Å². The zero-order valence-electron chi connectivity index (χ0n) is 19.0. The number of aryl methyl sites for hydroxylation is 1. The van der Waals surface area contributed by atoms with Gasteiger partial charge in [-0.3, -0.25) is 14.2 Å². The number of hydrogen-bond donors (Lipinski definition) is 1. The summed E-state index contributed by atoms with van der Waals surface area (Å²) in [5.41, 5.74) is 4.11. The third-order valence-electron chi connectivity index (χ3n) is 5.94. The number of amides is 1. The quantitative estimate of drug-likeness (QED) is 0.280. The van der Waals surface area contributed by atoms with Crippen molar-refractivity contribution in [1.82, 2.24) is 4.57 Å². The minimum atomic E-state index is -0.318. The predicted octanol–water partition coefficient (Wildman–Crippen LogP) is 7.18. The highest BCUT2D eigenvalue weighted by molar-refractivity contribution is 8.00. The molecule has 0 radical (unpaired) electrons. The number of carbonyl (C=O) groups excluding carboxylic acids is 2. The lowest BCUT2D eigenvalue weighted by Crippen LogP contribution is -2.21. The van der Waals surface area contributed by atoms with E-state index in [-0.39, 0.29) is 17.1 Å². The summed E-state index contributed by atoms with van der Waals surface area (Å²) >= 11 is 1.49. The second-order valence-corrected chi connectivity index (χ2v) is 9.68. The van der Waals surface area contributed by atoms with E-state index in [0.717, 1.165) is 32.3 Å². The van der Waals surface area contributed by atoms with Crippen LogP contribution < -0.4 is 5.32 Å². The monoisotopic (exact) mass is 464 g/mol. The van der Waals surface area contributed by atoms with Gasteiger partial charge in [0.05, 0.1) is 16.3 Å². The summed E-state index contributed by atoms with van der Waals surface area (Å²) in [7, 11) is 0. The smallest absolute Gasteiger partial charge is 0.255 e. The van der Waals surface area contributed by atoms with Gasteiger partial charge in [0.2, 0.25) is 5.91 Å². The van der Waals surface area contributed by atoms with E-state index in [9.17, 15) is 9.59 Å². The van der Waals surface area contributed by atoms with Crippen LogP contribution in [0.1, 0.15) is 27.6 Å². The van der Waals surface area contributed by atoms with E-state index in [1.54, 1.807) is 0 Å². The summed E-state index contributed by atoms with van der Waals surface area (Å²) < 4.78 is 1.83. The molecule has 1 aromatic heterocycles. The van der Waals surface area contributed by atoms with E-state index >= 15 is 0 Å². The highest BCUT2D eigenvalue weighted by Crippen LogP contribution is 2.32. The van der Waals surface area contributed by atoms with Crippen LogP contribution in [0.3, 0.4) is 0 Å². The molecule has 0 aliphatic carbocycles. The Morgan fingerprint density at radius 2 is 1.41 bits per heavy atom. The molecule has 1 amide bonds. The number of nitrogens with one attached hydrogen (secondary N) is 1. The molecule has 0 saturated carbocycles. The molecule has 0 fully saturated rings. The van der Waals surface area contributed by atoms with Crippen LogP contribution in [0.4, 0.5) is 5.69 Å². The first kappa shape index (κ1) is 22.0. The van der Waals surface area contributed by atoms with Crippen molar-refractivity contribution in [2.24, 2.45) is 0 Å². The summed E-state index contributed by atoms with van der Waals surface area (Å²) in [6.45, 7) is 3.85. The summed E-state index contributed by atoms with van der Waals surface area (Å²) in [6, 6.07) is 31.2. The molecule has 0 aliphatic heterocycles. The van der Waals surface area contributed by atoms with Gasteiger partial charge in [0.25, 0.3) is 5.91 Å². The number of rotatable bonds is 5. The second kappa shape index (κ2) is 9.20. The maximum atomic E-state index is 13.6. The molecular formula is C29H24N2O2S. The van der Waals surface area contributed by atoms with Gasteiger partial charge in [0.1, 0.15) is 0 Å². The summed E-state index contributed by atoms with van der Waals surface area (Å²) in [6.07, 6.45) is 0. The van der Waals surface area contributed by atoms with Crippen molar-refractivity contribution in [1.29, 1.82) is 0 Å². The molecule has 4 aromatic carbocycles. The average molecular weight is 465 g/mol. The summed E-state index contributed by atoms with van der Waals surface area (Å²) in [5, 5.41) is 4.80. The van der Waals surface area contributed by atoms with Crippen LogP contribution in [0.25, 0.3) is 21.8 Å². The van der Waals surface area contributed by atoms with E-state index in [2.05, 4.69) is 17.4 Å². The minimum absolute atomic E-state index is 0.0248. The molecule has 168 valence electrons. The van der Waals surface area contributed by atoms with Gasteiger partial charge in [-0.15, -0.1) is 11.8 Å². The fraction of sp³-hybridized carbons (Fsp3) is 0.103. The number of aromatic nitrogens is 1. The molecule has 5 heteroatoms. The second-order valence-electron chi connectivity index (χ2n) is 8.26. The van der Waals surface area contributed by atoms with Gasteiger partial charge < -0.3 is 5.32 Å². The molecule has 0 aliphatic rings. The maximum Gasteiger partial charge on any atom is 0.255 e. The Morgan fingerprint density at radius 3 is 2.09 bits per heavy atom. The third-order valence-corrected chi connectivity index (χ3v) is 7.02. The number of benzene rings is 4. The molecule has 1 unspecified atom stereocenters. The van der Waals surface area contributed by atoms with E-state index < -0.39 is 0 Å². The van der Waals surface area contributed by atoms with E-state index in [1.165, 1.54) is 11.8 Å². The Hall–Kier alpha value is -3.83. The highest BCUT2D eigenvalue weighted by atomic mass is 32.2. The number of para-hydroxylation sites is 2. The summed E-state index contributed by atoms with van der Waals surface area (Å²) in [4.78, 5) is 27.2. The van der Waals surface area contributed by atoms with Gasteiger partial charge in [0.15, 0.2) is 0 Å². The van der Waals surface area contributed by atoms with Crippen molar-refractivity contribution < 1.29 is 9.59 Å². The molecule has 0 spiro atoms. The standard InChI is InChI=1S/C29H24N2O2S/c1-19-10-3-4-13-23(19)28(32)30-21-11-9-12-22(18-21)34-20(2)29(33)31-26-16-7-5-14-24(26)25-15-6-8-17-27(25)31/h3-18,20H,1-2H3,(H,30,32). The first-order valence-electron chi connectivity index (χ1n) is 11.2. The highest BCUT2D eigenvalue weighted by Gasteiger charge is 2.21.